The SMILES string of the molecule is CCCCS(=O)(=O)NC(COc1ccc2c(cnn2-c2ccc(F)cc2)c1)Cc1ccccc1. The molecule has 0 spiro atoms. The highest BCUT2D eigenvalue weighted by atomic mass is 32.2. The van der Waals surface area contributed by atoms with Crippen LogP contribution in [-0.2, 0) is 16.4 Å². The Morgan fingerprint density at radius 2 is 1.82 bits per heavy atom. The zero-order chi connectivity index (χ0) is 24.0. The monoisotopic (exact) mass is 481 g/mol. The van der Waals surface area contributed by atoms with Gasteiger partial charge in [-0.2, -0.15) is 5.10 Å². The number of sulfonamides is 1. The van der Waals surface area contributed by atoms with Gasteiger partial charge in [-0.1, -0.05) is 43.7 Å². The average Bonchev–Trinajstić information content (AvgIpc) is 3.25. The van der Waals surface area contributed by atoms with Gasteiger partial charge in [-0.3, -0.25) is 0 Å². The molecule has 3 aromatic carbocycles. The zero-order valence-electron chi connectivity index (χ0n) is 19.0. The van der Waals surface area contributed by atoms with Crippen LogP contribution >= 0.6 is 0 Å². The molecule has 8 heteroatoms. The highest BCUT2D eigenvalue weighted by Crippen LogP contribution is 2.23. The fourth-order valence-corrected chi connectivity index (χ4v) is 5.21. The van der Waals surface area contributed by atoms with E-state index in [9.17, 15) is 12.8 Å². The molecule has 1 N–H and O–H groups in total. The number of nitrogens with one attached hydrogen (secondary N) is 1. The number of ether oxygens (including phenoxy) is 1. The van der Waals surface area contributed by atoms with Crippen LogP contribution in [0.1, 0.15) is 25.3 Å². The molecule has 178 valence electrons. The topological polar surface area (TPSA) is 73.2 Å². The molecule has 1 unspecified atom stereocenters. The molecule has 0 bridgehead atoms. The Bertz CT molecular complexity index is 1320. The quantitative estimate of drug-likeness (QED) is 0.332. The second kappa shape index (κ2) is 10.8. The highest BCUT2D eigenvalue weighted by molar-refractivity contribution is 7.89. The Morgan fingerprint density at radius 1 is 1.06 bits per heavy atom. The van der Waals surface area contributed by atoms with Crippen molar-refractivity contribution >= 4 is 20.9 Å². The van der Waals surface area contributed by atoms with Gasteiger partial charge in [-0.05, 0) is 60.9 Å². The number of hydrogen-bond donors (Lipinski definition) is 1. The minimum atomic E-state index is -3.40. The van der Waals surface area contributed by atoms with Crippen LogP contribution in [0, 0.1) is 5.82 Å². The lowest BCUT2D eigenvalue weighted by molar-refractivity contribution is 0.278. The van der Waals surface area contributed by atoms with Crippen LogP contribution < -0.4 is 9.46 Å². The summed E-state index contributed by atoms with van der Waals surface area (Å²) in [7, 11) is -3.40. The molecule has 1 atom stereocenters. The Kier molecular flexibility index (Phi) is 7.59. The molecule has 4 rings (SSSR count). The Labute approximate surface area is 199 Å². The summed E-state index contributed by atoms with van der Waals surface area (Å²) < 4.78 is 48.9. The van der Waals surface area contributed by atoms with Crippen molar-refractivity contribution in [2.75, 3.05) is 12.4 Å². The van der Waals surface area contributed by atoms with Gasteiger partial charge >= 0.3 is 0 Å². The lowest BCUT2D eigenvalue weighted by Gasteiger charge is -2.20. The van der Waals surface area contributed by atoms with Gasteiger partial charge in [0, 0.05) is 5.39 Å². The maximum atomic E-state index is 13.3. The third-order valence-corrected chi connectivity index (χ3v) is 7.02. The van der Waals surface area contributed by atoms with Gasteiger partial charge < -0.3 is 4.74 Å². The molecule has 0 saturated carbocycles. The van der Waals surface area contributed by atoms with E-state index in [0.717, 1.165) is 28.6 Å². The Morgan fingerprint density at radius 3 is 2.56 bits per heavy atom. The minimum Gasteiger partial charge on any atom is -0.492 e. The lowest BCUT2D eigenvalue weighted by Crippen LogP contribution is -2.41. The number of unbranched alkanes of at least 4 members (excludes halogenated alkanes) is 1. The predicted molar refractivity (Wildman–Crippen MR) is 132 cm³/mol. The highest BCUT2D eigenvalue weighted by Gasteiger charge is 2.19. The summed E-state index contributed by atoms with van der Waals surface area (Å²) in [5.41, 5.74) is 2.65. The largest absolute Gasteiger partial charge is 0.492 e. The van der Waals surface area contributed by atoms with Gasteiger partial charge in [-0.15, -0.1) is 0 Å². The third kappa shape index (κ3) is 6.21. The first kappa shape index (κ1) is 23.9. The number of fused-ring (bicyclic) bond motifs is 1. The van der Waals surface area contributed by atoms with Crippen LogP contribution in [0.4, 0.5) is 4.39 Å². The van der Waals surface area contributed by atoms with E-state index in [2.05, 4.69) is 9.82 Å². The van der Waals surface area contributed by atoms with Crippen molar-refractivity contribution in [1.82, 2.24) is 14.5 Å². The molecule has 4 aromatic rings. The molecule has 34 heavy (non-hydrogen) atoms. The van der Waals surface area contributed by atoms with E-state index in [1.54, 1.807) is 23.0 Å². The average molecular weight is 482 g/mol. The number of aromatic nitrogens is 2. The first-order valence-electron chi connectivity index (χ1n) is 11.3. The van der Waals surface area contributed by atoms with Gasteiger partial charge in [0.1, 0.15) is 18.2 Å². The van der Waals surface area contributed by atoms with Gasteiger partial charge in [-0.25, -0.2) is 22.2 Å². The molecule has 0 aliphatic rings. The van der Waals surface area contributed by atoms with E-state index in [-0.39, 0.29) is 18.2 Å². The van der Waals surface area contributed by atoms with Crippen LogP contribution in [0.3, 0.4) is 0 Å². The first-order valence-corrected chi connectivity index (χ1v) is 13.0. The Hall–Kier alpha value is -3.23. The summed E-state index contributed by atoms with van der Waals surface area (Å²) in [6.45, 7) is 2.16. The molecule has 0 radical (unpaired) electrons. The van der Waals surface area contributed by atoms with Crippen LogP contribution in [0.15, 0.2) is 79.0 Å². The van der Waals surface area contributed by atoms with Crippen molar-refractivity contribution in [3.05, 3.63) is 90.4 Å². The summed E-state index contributed by atoms with van der Waals surface area (Å²) in [5, 5.41) is 5.28. The normalized spacial score (nSPS) is 12.6. The summed E-state index contributed by atoms with van der Waals surface area (Å²) in [6, 6.07) is 21.1. The van der Waals surface area contributed by atoms with Gasteiger partial charge in [0.05, 0.1) is 29.2 Å². The van der Waals surface area contributed by atoms with Gasteiger partial charge in [0.15, 0.2) is 0 Å². The van der Waals surface area contributed by atoms with E-state index < -0.39 is 16.1 Å². The fourth-order valence-electron chi connectivity index (χ4n) is 3.77. The molecule has 0 aliphatic heterocycles. The summed E-state index contributed by atoms with van der Waals surface area (Å²) in [4.78, 5) is 0. The molecule has 1 heterocycles. The van der Waals surface area contributed by atoms with Crippen LogP contribution in [0.2, 0.25) is 0 Å². The predicted octanol–water partition coefficient (Wildman–Crippen LogP) is 4.87. The molecule has 0 fully saturated rings. The van der Waals surface area contributed by atoms with Gasteiger partial charge in [0.25, 0.3) is 0 Å². The number of nitrogens with zero attached hydrogens (tertiary/aromatic N) is 2. The van der Waals surface area contributed by atoms with Crippen molar-refractivity contribution in [3.63, 3.8) is 0 Å². The summed E-state index contributed by atoms with van der Waals surface area (Å²) >= 11 is 0. The van der Waals surface area contributed by atoms with E-state index in [4.69, 9.17) is 4.74 Å². The molecular weight excluding hydrogens is 453 g/mol. The number of rotatable bonds is 11. The third-order valence-electron chi connectivity index (χ3n) is 5.50. The van der Waals surface area contributed by atoms with Crippen molar-refractivity contribution in [2.24, 2.45) is 0 Å². The zero-order valence-corrected chi connectivity index (χ0v) is 19.8. The number of benzene rings is 3. The van der Waals surface area contributed by atoms with Crippen molar-refractivity contribution in [1.29, 1.82) is 0 Å². The molecule has 0 aliphatic carbocycles. The summed E-state index contributed by atoms with van der Waals surface area (Å²) in [5.74, 6) is 0.423. The second-order valence-electron chi connectivity index (χ2n) is 8.24. The maximum absolute atomic E-state index is 13.3. The van der Waals surface area contributed by atoms with Crippen LogP contribution in [0.25, 0.3) is 16.6 Å². The summed E-state index contributed by atoms with van der Waals surface area (Å²) in [6.07, 6.45) is 3.67. The van der Waals surface area contributed by atoms with Crippen molar-refractivity contribution in [2.45, 2.75) is 32.2 Å². The molecule has 6 nitrogen and oxygen atoms in total. The lowest BCUT2D eigenvalue weighted by atomic mass is 10.1. The molecule has 0 amide bonds. The maximum Gasteiger partial charge on any atom is 0.211 e. The van der Waals surface area contributed by atoms with Crippen molar-refractivity contribution < 1.29 is 17.5 Å². The standard InChI is InChI=1S/C26H28FN3O3S/c1-2-3-15-34(31,32)29-23(16-20-7-5-4-6-8-20)19-33-25-13-14-26-21(17-25)18-28-30(26)24-11-9-22(27)10-12-24/h4-14,17-18,23,29H,2-3,15-16,19H2,1H3. The van der Waals surface area contributed by atoms with Gasteiger partial charge in [0.2, 0.25) is 10.0 Å². The fraction of sp³-hybridized carbons (Fsp3) is 0.269. The van der Waals surface area contributed by atoms with Crippen molar-refractivity contribution in [3.8, 4) is 11.4 Å². The first-order chi connectivity index (χ1) is 16.4. The van der Waals surface area contributed by atoms with E-state index in [1.807, 2.05) is 55.5 Å². The van der Waals surface area contributed by atoms with E-state index in [1.165, 1.54) is 12.1 Å². The molecular formula is C26H28FN3O3S. The number of halogens is 1. The van der Waals surface area contributed by atoms with E-state index >= 15 is 0 Å². The number of hydrogen-bond acceptors (Lipinski definition) is 4. The minimum absolute atomic E-state index is 0.101. The van der Waals surface area contributed by atoms with Crippen LogP contribution in [0.5, 0.6) is 5.75 Å². The van der Waals surface area contributed by atoms with Crippen LogP contribution in [-0.4, -0.2) is 36.6 Å². The second-order valence-corrected chi connectivity index (χ2v) is 10.1. The smallest absolute Gasteiger partial charge is 0.211 e. The Balaban J connectivity index is 1.49. The van der Waals surface area contributed by atoms with E-state index in [0.29, 0.717) is 18.6 Å². The molecule has 0 saturated heterocycles. The molecule has 1 aromatic heterocycles.